The van der Waals surface area contributed by atoms with Crippen LogP contribution in [0.3, 0.4) is 0 Å². The number of rotatable bonds is 7. The number of amides is 1. The first-order chi connectivity index (χ1) is 11.9. The summed E-state index contributed by atoms with van der Waals surface area (Å²) in [6.07, 6.45) is 3.14. The van der Waals surface area contributed by atoms with E-state index in [9.17, 15) is 19.8 Å². The Hall–Kier alpha value is -1.87. The van der Waals surface area contributed by atoms with E-state index in [0.29, 0.717) is 11.4 Å². The SMILES string of the molecule is CCC(Cn1cncn1)SC1=C(C(=O)O)N2C(=O)[C@H]([C@@H](C)O)[C@H]2[C@H]1C. The van der Waals surface area contributed by atoms with Gasteiger partial charge in [0.25, 0.3) is 0 Å². The number of carbonyl (C=O) groups is 2. The summed E-state index contributed by atoms with van der Waals surface area (Å²) in [5.74, 6) is -2.04. The van der Waals surface area contributed by atoms with Gasteiger partial charge in [0, 0.05) is 16.1 Å². The number of hydrogen-bond donors (Lipinski definition) is 2. The lowest BCUT2D eigenvalue weighted by atomic mass is 9.79. The summed E-state index contributed by atoms with van der Waals surface area (Å²) in [4.78, 5) is 30.1. The van der Waals surface area contributed by atoms with E-state index in [4.69, 9.17) is 0 Å². The highest BCUT2D eigenvalue weighted by Crippen LogP contribution is 2.51. The highest BCUT2D eigenvalue weighted by molar-refractivity contribution is 8.03. The topological polar surface area (TPSA) is 109 Å². The van der Waals surface area contributed by atoms with Crippen LogP contribution in [0.2, 0.25) is 0 Å². The van der Waals surface area contributed by atoms with Gasteiger partial charge in [0.15, 0.2) is 0 Å². The van der Waals surface area contributed by atoms with Crippen molar-refractivity contribution in [2.45, 2.75) is 51.1 Å². The van der Waals surface area contributed by atoms with E-state index < -0.39 is 18.0 Å². The Morgan fingerprint density at radius 2 is 2.20 bits per heavy atom. The third-order valence-corrected chi connectivity index (χ3v) is 6.55. The summed E-state index contributed by atoms with van der Waals surface area (Å²) in [6.45, 7) is 6.16. The molecule has 2 aliphatic heterocycles. The molecule has 1 amide bonds. The standard InChI is InChI=1S/C16H22N4O4S/c1-4-10(5-19-7-17-6-18-19)25-14-8(2)12-11(9(3)21)15(22)20(12)13(14)16(23)24/h6-12,21H,4-5H2,1-3H3,(H,23,24)/t8-,9-,10?,11-,12-/m1/s1. The lowest BCUT2D eigenvalue weighted by Crippen LogP contribution is -2.63. The average molecular weight is 366 g/mol. The molecule has 1 fully saturated rings. The van der Waals surface area contributed by atoms with Crippen LogP contribution in [0.1, 0.15) is 27.2 Å². The van der Waals surface area contributed by atoms with Crippen LogP contribution >= 0.6 is 11.8 Å². The van der Waals surface area contributed by atoms with Crippen LogP contribution in [0.5, 0.6) is 0 Å². The van der Waals surface area contributed by atoms with Gasteiger partial charge in [0.2, 0.25) is 5.91 Å². The summed E-state index contributed by atoms with van der Waals surface area (Å²) in [7, 11) is 0. The van der Waals surface area contributed by atoms with Crippen LogP contribution in [0, 0.1) is 11.8 Å². The fourth-order valence-corrected chi connectivity index (χ4v) is 5.05. The number of β-lactam (4-membered cyclic amide) rings is 1. The maximum Gasteiger partial charge on any atom is 0.353 e. The Balaban J connectivity index is 1.85. The van der Waals surface area contributed by atoms with Gasteiger partial charge in [0.05, 0.1) is 24.6 Å². The number of carboxylic acid groups (broad SMARTS) is 1. The van der Waals surface area contributed by atoms with Crippen LogP contribution in [0.4, 0.5) is 0 Å². The van der Waals surface area contributed by atoms with Gasteiger partial charge in [-0.3, -0.25) is 9.48 Å². The number of aliphatic hydroxyl groups excluding tert-OH is 1. The second-order valence-corrected chi connectivity index (χ2v) is 7.88. The van der Waals surface area contributed by atoms with Crippen LogP contribution in [-0.2, 0) is 16.1 Å². The molecule has 1 saturated heterocycles. The molecule has 0 aliphatic carbocycles. The molecule has 2 N–H and O–H groups in total. The van der Waals surface area contributed by atoms with Crippen molar-refractivity contribution in [2.75, 3.05) is 0 Å². The smallest absolute Gasteiger partial charge is 0.353 e. The maximum atomic E-state index is 12.3. The molecule has 3 rings (SSSR count). The molecule has 0 spiro atoms. The quantitative estimate of drug-likeness (QED) is 0.691. The number of aromatic nitrogens is 3. The van der Waals surface area contributed by atoms with Crippen LogP contribution < -0.4 is 0 Å². The summed E-state index contributed by atoms with van der Waals surface area (Å²) < 4.78 is 1.72. The molecule has 25 heavy (non-hydrogen) atoms. The van der Waals surface area contributed by atoms with E-state index in [0.717, 1.165) is 6.42 Å². The largest absolute Gasteiger partial charge is 0.477 e. The highest BCUT2D eigenvalue weighted by atomic mass is 32.2. The minimum atomic E-state index is -1.09. The molecular weight excluding hydrogens is 344 g/mol. The molecule has 8 nitrogen and oxygen atoms in total. The van der Waals surface area contributed by atoms with Gasteiger partial charge in [-0.25, -0.2) is 9.78 Å². The van der Waals surface area contributed by atoms with Crippen LogP contribution in [0.15, 0.2) is 23.3 Å². The van der Waals surface area contributed by atoms with E-state index in [1.54, 1.807) is 17.9 Å². The second kappa shape index (κ2) is 6.80. The van der Waals surface area contributed by atoms with E-state index in [1.807, 2.05) is 13.8 Å². The Kier molecular flexibility index (Phi) is 4.88. The van der Waals surface area contributed by atoms with Gasteiger partial charge in [0.1, 0.15) is 18.4 Å². The molecule has 0 bridgehead atoms. The minimum Gasteiger partial charge on any atom is -0.477 e. The molecule has 5 atom stereocenters. The van der Waals surface area contributed by atoms with Gasteiger partial charge in [-0.15, -0.1) is 11.8 Å². The van der Waals surface area contributed by atoms with Gasteiger partial charge < -0.3 is 15.1 Å². The molecule has 0 radical (unpaired) electrons. The number of nitrogens with zero attached hydrogens (tertiary/aromatic N) is 4. The van der Waals surface area contributed by atoms with Crippen molar-refractivity contribution >= 4 is 23.6 Å². The zero-order valence-electron chi connectivity index (χ0n) is 14.4. The fraction of sp³-hybridized carbons (Fsp3) is 0.625. The Morgan fingerprint density at radius 1 is 1.48 bits per heavy atom. The molecule has 0 aromatic carbocycles. The molecule has 1 aromatic rings. The van der Waals surface area contributed by atoms with Crippen molar-refractivity contribution < 1.29 is 19.8 Å². The number of carboxylic acids is 1. The second-order valence-electron chi connectivity index (χ2n) is 6.54. The molecular formula is C16H22N4O4S. The van der Waals surface area contributed by atoms with Crippen molar-refractivity contribution in [3.8, 4) is 0 Å². The molecule has 1 aromatic heterocycles. The zero-order chi connectivity index (χ0) is 18.3. The predicted octanol–water partition coefficient (Wildman–Crippen LogP) is 0.944. The minimum absolute atomic E-state index is 0.0708. The van der Waals surface area contributed by atoms with Crippen molar-refractivity contribution in [1.82, 2.24) is 19.7 Å². The van der Waals surface area contributed by atoms with Crippen molar-refractivity contribution in [1.29, 1.82) is 0 Å². The highest BCUT2D eigenvalue weighted by Gasteiger charge is 2.60. The van der Waals surface area contributed by atoms with Gasteiger partial charge in [-0.05, 0) is 13.3 Å². The van der Waals surface area contributed by atoms with Crippen molar-refractivity contribution in [3.05, 3.63) is 23.3 Å². The third kappa shape index (κ3) is 2.95. The molecule has 3 heterocycles. The number of fused-ring (bicyclic) bond motifs is 1. The number of aliphatic carboxylic acids is 1. The molecule has 9 heteroatoms. The first kappa shape index (κ1) is 17.9. The number of carbonyl (C=O) groups excluding carboxylic acids is 1. The van der Waals surface area contributed by atoms with E-state index in [-0.39, 0.29) is 28.8 Å². The molecule has 136 valence electrons. The Bertz CT molecular complexity index is 703. The maximum absolute atomic E-state index is 12.3. The number of hydrogen-bond acceptors (Lipinski definition) is 6. The molecule has 0 saturated carbocycles. The molecule has 1 unspecified atom stereocenters. The van der Waals surface area contributed by atoms with Crippen molar-refractivity contribution in [3.63, 3.8) is 0 Å². The summed E-state index contributed by atoms with van der Waals surface area (Å²) in [5.41, 5.74) is 0.0708. The summed E-state index contributed by atoms with van der Waals surface area (Å²) >= 11 is 1.49. The van der Waals surface area contributed by atoms with E-state index in [2.05, 4.69) is 10.1 Å². The van der Waals surface area contributed by atoms with Crippen molar-refractivity contribution in [2.24, 2.45) is 11.8 Å². The molecule has 2 aliphatic rings. The monoisotopic (exact) mass is 366 g/mol. The zero-order valence-corrected chi connectivity index (χ0v) is 15.2. The third-order valence-electron chi connectivity index (χ3n) is 4.92. The predicted molar refractivity (Wildman–Crippen MR) is 91.3 cm³/mol. The van der Waals surface area contributed by atoms with Gasteiger partial charge >= 0.3 is 5.97 Å². The normalized spacial score (nSPS) is 27.9. The Labute approximate surface area is 149 Å². The first-order valence-corrected chi connectivity index (χ1v) is 9.22. The van der Waals surface area contributed by atoms with E-state index in [1.165, 1.54) is 23.0 Å². The first-order valence-electron chi connectivity index (χ1n) is 8.34. The average Bonchev–Trinajstić information content (AvgIpc) is 3.12. The van der Waals surface area contributed by atoms with Crippen LogP contribution in [0.25, 0.3) is 0 Å². The van der Waals surface area contributed by atoms with Gasteiger partial charge in [-0.2, -0.15) is 5.10 Å². The van der Waals surface area contributed by atoms with Crippen LogP contribution in [-0.4, -0.2) is 59.1 Å². The number of thioether (sulfide) groups is 1. The number of aliphatic hydroxyl groups is 1. The summed E-state index contributed by atoms with van der Waals surface area (Å²) in [6, 6.07) is -0.273. The van der Waals surface area contributed by atoms with Gasteiger partial charge in [-0.1, -0.05) is 13.8 Å². The lowest BCUT2D eigenvalue weighted by molar-refractivity contribution is -0.163. The lowest BCUT2D eigenvalue weighted by Gasteiger charge is -2.46. The fourth-order valence-electron chi connectivity index (χ4n) is 3.64. The summed E-state index contributed by atoms with van der Waals surface area (Å²) in [5, 5.41) is 23.8. The van der Waals surface area contributed by atoms with E-state index >= 15 is 0 Å². The Morgan fingerprint density at radius 3 is 2.72 bits per heavy atom.